The zero-order valence-corrected chi connectivity index (χ0v) is 11.2. The number of anilines is 1. The molecule has 0 saturated carbocycles. The number of nitrogens with one attached hydrogen (secondary N) is 1. The Morgan fingerprint density at radius 3 is 3.11 bits per heavy atom. The third kappa shape index (κ3) is 2.80. The van der Waals surface area contributed by atoms with Gasteiger partial charge in [0.05, 0.1) is 0 Å². The smallest absolute Gasteiger partial charge is 0.165 e. The molecule has 0 aromatic carbocycles. The Morgan fingerprint density at radius 1 is 1.56 bits per heavy atom. The van der Waals surface area contributed by atoms with E-state index < -0.39 is 0 Å². The molecule has 1 N–H and O–H groups in total. The molecule has 0 radical (unpaired) electrons. The molecule has 1 saturated heterocycles. The lowest BCUT2D eigenvalue weighted by Crippen LogP contribution is -2.51. The summed E-state index contributed by atoms with van der Waals surface area (Å²) < 4.78 is 13.9. The number of rotatable bonds is 4. The topological polar surface area (TPSA) is 28.2 Å². The van der Waals surface area contributed by atoms with E-state index in [1.165, 1.54) is 12.5 Å². The van der Waals surface area contributed by atoms with Crippen LogP contribution >= 0.6 is 0 Å². The molecule has 0 amide bonds. The van der Waals surface area contributed by atoms with Crippen LogP contribution in [-0.2, 0) is 0 Å². The van der Waals surface area contributed by atoms with Crippen molar-refractivity contribution < 1.29 is 4.39 Å². The highest BCUT2D eigenvalue weighted by atomic mass is 19.1. The molecule has 1 aliphatic heterocycles. The molecule has 1 aliphatic rings. The fourth-order valence-electron chi connectivity index (χ4n) is 2.79. The van der Waals surface area contributed by atoms with Crippen LogP contribution in [0.15, 0.2) is 18.3 Å². The van der Waals surface area contributed by atoms with Gasteiger partial charge in [-0.1, -0.05) is 6.92 Å². The Bertz CT molecular complexity index is 383. The summed E-state index contributed by atoms with van der Waals surface area (Å²) in [7, 11) is 0. The maximum Gasteiger partial charge on any atom is 0.165 e. The average Bonchev–Trinajstić information content (AvgIpc) is 2.40. The molecule has 3 nitrogen and oxygen atoms in total. The van der Waals surface area contributed by atoms with E-state index in [1.54, 1.807) is 12.3 Å². The monoisotopic (exact) mass is 251 g/mol. The molecule has 0 aliphatic carbocycles. The molecule has 0 bridgehead atoms. The van der Waals surface area contributed by atoms with Crippen LogP contribution in [0.25, 0.3) is 0 Å². The van der Waals surface area contributed by atoms with Gasteiger partial charge in [-0.3, -0.25) is 0 Å². The van der Waals surface area contributed by atoms with E-state index in [2.05, 4.69) is 29.0 Å². The highest BCUT2D eigenvalue weighted by Crippen LogP contribution is 2.26. The Balaban J connectivity index is 2.20. The first-order valence-corrected chi connectivity index (χ1v) is 6.84. The summed E-state index contributed by atoms with van der Waals surface area (Å²) in [6.07, 6.45) is 5.10. The van der Waals surface area contributed by atoms with Gasteiger partial charge in [0.2, 0.25) is 0 Å². The summed E-state index contributed by atoms with van der Waals surface area (Å²) in [5.41, 5.74) is 0. The number of nitrogens with zero attached hydrogens (tertiary/aromatic N) is 2. The maximum atomic E-state index is 13.9. The second-order valence-electron chi connectivity index (χ2n) is 4.91. The third-order valence-electron chi connectivity index (χ3n) is 3.66. The molecular formula is C14H22FN3. The Morgan fingerprint density at radius 2 is 2.39 bits per heavy atom. The van der Waals surface area contributed by atoms with Crippen LogP contribution in [0, 0.1) is 5.82 Å². The van der Waals surface area contributed by atoms with Crippen molar-refractivity contribution in [2.45, 2.75) is 45.2 Å². The highest BCUT2D eigenvalue weighted by molar-refractivity contribution is 5.42. The van der Waals surface area contributed by atoms with Crippen molar-refractivity contribution in [3.63, 3.8) is 0 Å². The van der Waals surface area contributed by atoms with E-state index in [1.807, 2.05) is 0 Å². The van der Waals surface area contributed by atoms with Crippen molar-refractivity contribution in [3.8, 4) is 0 Å². The molecular weight excluding hydrogens is 229 g/mol. The van der Waals surface area contributed by atoms with Gasteiger partial charge in [0.1, 0.15) is 0 Å². The molecule has 2 atom stereocenters. The van der Waals surface area contributed by atoms with Gasteiger partial charge in [-0.25, -0.2) is 9.37 Å². The third-order valence-corrected chi connectivity index (χ3v) is 3.66. The van der Waals surface area contributed by atoms with Crippen molar-refractivity contribution in [3.05, 3.63) is 24.1 Å². The number of likely N-dealkylation sites (N-methyl/N-ethyl adjacent to an activating group) is 1. The van der Waals surface area contributed by atoms with E-state index in [0.717, 1.165) is 25.9 Å². The summed E-state index contributed by atoms with van der Waals surface area (Å²) in [4.78, 5) is 6.35. The Kier molecular flexibility index (Phi) is 4.53. The minimum atomic E-state index is -0.215. The van der Waals surface area contributed by atoms with Gasteiger partial charge < -0.3 is 10.2 Å². The summed E-state index contributed by atoms with van der Waals surface area (Å²) in [5.74, 6) is 0.292. The maximum absolute atomic E-state index is 13.9. The van der Waals surface area contributed by atoms with Crippen LogP contribution in [0.1, 0.15) is 33.1 Å². The number of piperidine rings is 1. The largest absolute Gasteiger partial charge is 0.350 e. The van der Waals surface area contributed by atoms with Gasteiger partial charge in [0, 0.05) is 24.8 Å². The zero-order valence-electron chi connectivity index (χ0n) is 11.2. The van der Waals surface area contributed by atoms with Crippen LogP contribution in [0.5, 0.6) is 0 Å². The molecule has 4 heteroatoms. The van der Waals surface area contributed by atoms with Crippen molar-refractivity contribution >= 4 is 5.82 Å². The lowest BCUT2D eigenvalue weighted by Gasteiger charge is -2.40. The van der Waals surface area contributed by atoms with Crippen LogP contribution in [0.2, 0.25) is 0 Å². The Labute approximate surface area is 108 Å². The molecule has 18 heavy (non-hydrogen) atoms. The van der Waals surface area contributed by atoms with Crippen LogP contribution in [-0.4, -0.2) is 30.2 Å². The van der Waals surface area contributed by atoms with E-state index >= 15 is 0 Å². The zero-order chi connectivity index (χ0) is 13.0. The minimum absolute atomic E-state index is 0.215. The van der Waals surface area contributed by atoms with Gasteiger partial charge >= 0.3 is 0 Å². The van der Waals surface area contributed by atoms with Crippen molar-refractivity contribution in [2.75, 3.05) is 18.0 Å². The lowest BCUT2D eigenvalue weighted by molar-refractivity contribution is 0.366. The van der Waals surface area contributed by atoms with Crippen molar-refractivity contribution in [1.29, 1.82) is 0 Å². The molecule has 2 heterocycles. The number of hydrogen-bond donors (Lipinski definition) is 1. The molecule has 1 fully saturated rings. The molecule has 100 valence electrons. The highest BCUT2D eigenvalue weighted by Gasteiger charge is 2.29. The second-order valence-corrected chi connectivity index (χ2v) is 4.91. The van der Waals surface area contributed by atoms with Crippen molar-refractivity contribution in [2.24, 2.45) is 0 Å². The molecule has 1 aromatic heterocycles. The lowest BCUT2D eigenvalue weighted by atomic mass is 9.96. The molecule has 2 unspecified atom stereocenters. The first-order chi connectivity index (χ1) is 8.74. The number of aromatic nitrogens is 1. The van der Waals surface area contributed by atoms with Crippen molar-refractivity contribution in [1.82, 2.24) is 10.3 Å². The fourth-order valence-corrected chi connectivity index (χ4v) is 2.79. The van der Waals surface area contributed by atoms with Gasteiger partial charge in [-0.2, -0.15) is 0 Å². The Hall–Kier alpha value is -1.16. The quantitative estimate of drug-likeness (QED) is 0.891. The van der Waals surface area contributed by atoms with E-state index in [4.69, 9.17) is 0 Å². The van der Waals surface area contributed by atoms with Crippen LogP contribution in [0.3, 0.4) is 0 Å². The summed E-state index contributed by atoms with van der Waals surface area (Å²) in [5, 5.41) is 3.44. The van der Waals surface area contributed by atoms with Crippen LogP contribution in [0.4, 0.5) is 10.2 Å². The normalized spacial score (nSPS) is 21.9. The van der Waals surface area contributed by atoms with Gasteiger partial charge in [-0.05, 0) is 44.9 Å². The predicted octanol–water partition coefficient (Wildman–Crippen LogP) is 2.58. The van der Waals surface area contributed by atoms with E-state index in [9.17, 15) is 4.39 Å². The average molecular weight is 251 g/mol. The summed E-state index contributed by atoms with van der Waals surface area (Å²) >= 11 is 0. The molecule has 1 aromatic rings. The molecule has 0 spiro atoms. The fraction of sp³-hybridized carbons (Fsp3) is 0.643. The predicted molar refractivity (Wildman–Crippen MR) is 72.3 cm³/mol. The molecule has 2 rings (SSSR count). The second kappa shape index (κ2) is 6.14. The van der Waals surface area contributed by atoms with E-state index in [-0.39, 0.29) is 5.82 Å². The number of pyridine rings is 1. The SMILES string of the molecule is CCNC(C)C1CCCCN1c1ncccc1F. The van der Waals surface area contributed by atoms with Gasteiger partial charge in [-0.15, -0.1) is 0 Å². The first kappa shape index (κ1) is 13.3. The van der Waals surface area contributed by atoms with E-state index in [0.29, 0.717) is 17.9 Å². The minimum Gasteiger partial charge on any atom is -0.350 e. The number of hydrogen-bond acceptors (Lipinski definition) is 3. The van der Waals surface area contributed by atoms with Gasteiger partial charge in [0.15, 0.2) is 11.6 Å². The standard InChI is InChI=1S/C14H22FN3/c1-3-16-11(2)13-8-4-5-10-18(13)14-12(15)7-6-9-17-14/h6-7,9,11,13,16H,3-5,8,10H2,1-2H3. The van der Waals surface area contributed by atoms with Crippen LogP contribution < -0.4 is 10.2 Å². The van der Waals surface area contributed by atoms with Gasteiger partial charge in [0.25, 0.3) is 0 Å². The number of halogens is 1. The summed E-state index contributed by atoms with van der Waals surface area (Å²) in [6, 6.07) is 3.83. The summed E-state index contributed by atoms with van der Waals surface area (Å²) in [6.45, 7) is 6.11. The first-order valence-electron chi connectivity index (χ1n) is 6.84.